The summed E-state index contributed by atoms with van der Waals surface area (Å²) in [4.78, 5) is 27.6. The minimum Gasteiger partial charge on any atom is -0.293 e. The molecule has 0 saturated carbocycles. The number of amides is 1. The third-order valence-electron chi connectivity index (χ3n) is 5.23. The summed E-state index contributed by atoms with van der Waals surface area (Å²) in [6.07, 6.45) is 10.3. The standard InChI is InChI=1S/C25H30N4O2/c1-3-4-5-6-7-8-9-20-10-12-21(13-11-20)22-14-16-23(17-15-22)24(31)29-18-26-25(28-29)27-19(2)30/h10-18H,3-9H2,1-2H3,(H,27,28,30). The van der Waals surface area contributed by atoms with Crippen LogP contribution >= 0.6 is 0 Å². The fraction of sp³-hybridized carbons (Fsp3) is 0.360. The lowest BCUT2D eigenvalue weighted by molar-refractivity contribution is -0.114. The molecule has 0 spiro atoms. The lowest BCUT2D eigenvalue weighted by Crippen LogP contribution is -2.14. The highest BCUT2D eigenvalue weighted by molar-refractivity contribution is 5.96. The summed E-state index contributed by atoms with van der Waals surface area (Å²) in [5.41, 5.74) is 4.05. The molecular formula is C25H30N4O2. The van der Waals surface area contributed by atoms with Gasteiger partial charge in [0.2, 0.25) is 11.9 Å². The molecule has 0 saturated heterocycles. The molecule has 31 heavy (non-hydrogen) atoms. The molecule has 0 fully saturated rings. The maximum atomic E-state index is 12.6. The number of aromatic nitrogens is 3. The predicted octanol–water partition coefficient (Wildman–Crippen LogP) is 5.50. The number of nitrogens with zero attached hydrogens (tertiary/aromatic N) is 3. The van der Waals surface area contributed by atoms with Gasteiger partial charge < -0.3 is 0 Å². The number of benzene rings is 2. The maximum absolute atomic E-state index is 12.6. The van der Waals surface area contributed by atoms with Crippen molar-refractivity contribution in [2.45, 2.75) is 58.8 Å². The minimum atomic E-state index is -0.301. The van der Waals surface area contributed by atoms with E-state index in [9.17, 15) is 9.59 Å². The first-order valence-electron chi connectivity index (χ1n) is 11.0. The van der Waals surface area contributed by atoms with Gasteiger partial charge in [-0.15, -0.1) is 5.10 Å². The van der Waals surface area contributed by atoms with Crippen LogP contribution in [0.2, 0.25) is 0 Å². The number of aryl methyl sites for hydroxylation is 1. The Morgan fingerprint density at radius 3 is 2.13 bits per heavy atom. The first kappa shape index (κ1) is 22.4. The van der Waals surface area contributed by atoms with E-state index in [2.05, 4.69) is 46.6 Å². The zero-order chi connectivity index (χ0) is 22.1. The van der Waals surface area contributed by atoms with E-state index in [1.54, 1.807) is 12.1 Å². The van der Waals surface area contributed by atoms with Crippen molar-refractivity contribution in [1.29, 1.82) is 0 Å². The van der Waals surface area contributed by atoms with Crippen LogP contribution in [0.25, 0.3) is 11.1 Å². The van der Waals surface area contributed by atoms with Crippen molar-refractivity contribution in [3.63, 3.8) is 0 Å². The molecule has 3 aromatic rings. The fourth-order valence-corrected chi connectivity index (χ4v) is 3.49. The molecule has 0 aliphatic carbocycles. The molecule has 6 heteroatoms. The van der Waals surface area contributed by atoms with E-state index in [-0.39, 0.29) is 17.8 Å². The normalized spacial score (nSPS) is 10.8. The van der Waals surface area contributed by atoms with E-state index in [0.29, 0.717) is 5.56 Å². The van der Waals surface area contributed by atoms with Gasteiger partial charge in [0, 0.05) is 12.5 Å². The molecular weight excluding hydrogens is 388 g/mol. The average molecular weight is 419 g/mol. The topological polar surface area (TPSA) is 76.9 Å². The van der Waals surface area contributed by atoms with Crippen molar-refractivity contribution >= 4 is 17.8 Å². The molecule has 0 bridgehead atoms. The summed E-state index contributed by atoms with van der Waals surface area (Å²) < 4.78 is 1.12. The van der Waals surface area contributed by atoms with Crippen LogP contribution in [0.1, 0.15) is 68.3 Å². The number of hydrogen-bond donors (Lipinski definition) is 1. The van der Waals surface area contributed by atoms with Gasteiger partial charge in [0.05, 0.1) is 0 Å². The molecule has 1 amide bonds. The molecule has 0 atom stereocenters. The fourth-order valence-electron chi connectivity index (χ4n) is 3.49. The molecule has 6 nitrogen and oxygen atoms in total. The van der Waals surface area contributed by atoms with Crippen LogP contribution in [-0.2, 0) is 11.2 Å². The van der Waals surface area contributed by atoms with Crippen LogP contribution < -0.4 is 5.32 Å². The Morgan fingerprint density at radius 2 is 1.48 bits per heavy atom. The van der Waals surface area contributed by atoms with Gasteiger partial charge in [0.25, 0.3) is 5.91 Å². The largest absolute Gasteiger partial charge is 0.293 e. The minimum absolute atomic E-state index is 0.110. The predicted molar refractivity (Wildman–Crippen MR) is 123 cm³/mol. The van der Waals surface area contributed by atoms with Crippen LogP contribution in [0.3, 0.4) is 0 Å². The molecule has 162 valence electrons. The Labute approximate surface area is 183 Å². The molecule has 2 aromatic carbocycles. The molecule has 0 unspecified atom stereocenters. The van der Waals surface area contributed by atoms with Gasteiger partial charge in [-0.3, -0.25) is 14.9 Å². The van der Waals surface area contributed by atoms with Crippen LogP contribution in [0.4, 0.5) is 5.95 Å². The molecule has 0 aliphatic heterocycles. The van der Waals surface area contributed by atoms with Gasteiger partial charge in [0.15, 0.2) is 0 Å². The summed E-state index contributed by atoms with van der Waals surface area (Å²) >= 11 is 0. The van der Waals surface area contributed by atoms with Crippen molar-refractivity contribution in [3.8, 4) is 11.1 Å². The van der Waals surface area contributed by atoms with E-state index >= 15 is 0 Å². The summed E-state index contributed by atoms with van der Waals surface area (Å²) in [6, 6.07) is 16.1. The van der Waals surface area contributed by atoms with E-state index in [0.717, 1.165) is 22.2 Å². The second-order valence-corrected chi connectivity index (χ2v) is 7.79. The molecule has 0 aliphatic rings. The van der Waals surface area contributed by atoms with Crippen molar-refractivity contribution in [2.24, 2.45) is 0 Å². The third kappa shape index (κ3) is 6.60. The molecule has 1 aromatic heterocycles. The van der Waals surface area contributed by atoms with Crippen LogP contribution in [-0.4, -0.2) is 26.6 Å². The first-order valence-corrected chi connectivity index (χ1v) is 11.0. The average Bonchev–Trinajstić information content (AvgIpc) is 3.24. The Kier molecular flexibility index (Phi) is 8.10. The second-order valence-electron chi connectivity index (χ2n) is 7.79. The number of rotatable bonds is 10. The zero-order valence-corrected chi connectivity index (χ0v) is 18.3. The number of unbranched alkanes of at least 4 members (excludes halogenated alkanes) is 5. The number of carbonyl (C=O) groups is 2. The Hall–Kier alpha value is -3.28. The number of anilines is 1. The van der Waals surface area contributed by atoms with E-state index in [4.69, 9.17) is 0 Å². The third-order valence-corrected chi connectivity index (χ3v) is 5.23. The summed E-state index contributed by atoms with van der Waals surface area (Å²) in [6.45, 7) is 3.61. The molecule has 0 radical (unpaired) electrons. The quantitative estimate of drug-likeness (QED) is 0.441. The lowest BCUT2D eigenvalue weighted by Gasteiger charge is -2.06. The van der Waals surface area contributed by atoms with Crippen molar-refractivity contribution in [3.05, 3.63) is 66.0 Å². The summed E-state index contributed by atoms with van der Waals surface area (Å²) in [7, 11) is 0. The van der Waals surface area contributed by atoms with Gasteiger partial charge in [-0.1, -0.05) is 75.4 Å². The first-order chi connectivity index (χ1) is 15.1. The maximum Gasteiger partial charge on any atom is 0.279 e. The van der Waals surface area contributed by atoms with Gasteiger partial charge in [-0.05, 0) is 41.7 Å². The SMILES string of the molecule is CCCCCCCCc1ccc(-c2ccc(C(=O)n3cnc(NC(C)=O)n3)cc2)cc1. The highest BCUT2D eigenvalue weighted by Crippen LogP contribution is 2.21. The molecule has 1 heterocycles. The van der Waals surface area contributed by atoms with Gasteiger partial charge in [-0.25, -0.2) is 0 Å². The van der Waals surface area contributed by atoms with Crippen molar-refractivity contribution in [1.82, 2.24) is 14.8 Å². The van der Waals surface area contributed by atoms with Crippen molar-refractivity contribution in [2.75, 3.05) is 5.32 Å². The van der Waals surface area contributed by atoms with Crippen LogP contribution in [0.5, 0.6) is 0 Å². The molecule has 1 N–H and O–H groups in total. The van der Waals surface area contributed by atoms with E-state index < -0.39 is 0 Å². The molecule has 3 rings (SSSR count). The van der Waals surface area contributed by atoms with E-state index in [1.807, 2.05) is 12.1 Å². The van der Waals surface area contributed by atoms with Gasteiger partial charge in [-0.2, -0.15) is 9.67 Å². The van der Waals surface area contributed by atoms with E-state index in [1.165, 1.54) is 57.3 Å². The summed E-state index contributed by atoms with van der Waals surface area (Å²) in [5.74, 6) is -0.476. The zero-order valence-electron chi connectivity index (χ0n) is 18.3. The smallest absolute Gasteiger partial charge is 0.279 e. The Morgan fingerprint density at radius 1 is 0.871 bits per heavy atom. The lowest BCUT2D eigenvalue weighted by atomic mass is 10.00. The number of hydrogen-bond acceptors (Lipinski definition) is 4. The van der Waals surface area contributed by atoms with Crippen LogP contribution in [0.15, 0.2) is 54.9 Å². The van der Waals surface area contributed by atoms with Crippen molar-refractivity contribution < 1.29 is 9.59 Å². The Balaban J connectivity index is 1.56. The highest BCUT2D eigenvalue weighted by atomic mass is 16.2. The number of carbonyl (C=O) groups excluding carboxylic acids is 2. The monoisotopic (exact) mass is 418 g/mol. The van der Waals surface area contributed by atoms with Gasteiger partial charge >= 0.3 is 0 Å². The Bertz CT molecular complexity index is 991. The van der Waals surface area contributed by atoms with Crippen LogP contribution in [0, 0.1) is 0 Å². The second kappa shape index (κ2) is 11.2. The summed E-state index contributed by atoms with van der Waals surface area (Å²) in [5, 5.41) is 6.44. The highest BCUT2D eigenvalue weighted by Gasteiger charge is 2.12. The number of nitrogens with one attached hydrogen (secondary N) is 1. The van der Waals surface area contributed by atoms with Gasteiger partial charge in [0.1, 0.15) is 6.33 Å².